The molecule has 1 aromatic heterocycles. The minimum absolute atomic E-state index is 0.0756. The number of nitrogens with zero attached hydrogens (tertiary/aromatic N) is 3. The summed E-state index contributed by atoms with van der Waals surface area (Å²) >= 11 is 0. The third-order valence-corrected chi connectivity index (χ3v) is 6.60. The second-order valence-electron chi connectivity index (χ2n) is 6.44. The highest BCUT2D eigenvalue weighted by molar-refractivity contribution is 8.13. The van der Waals surface area contributed by atoms with Crippen LogP contribution in [0, 0.1) is 23.7 Å². The van der Waals surface area contributed by atoms with Gasteiger partial charge in [0.15, 0.2) is 0 Å². The molecule has 3 aliphatic carbocycles. The normalized spacial score (nSPS) is 38.2. The minimum Gasteiger partial charge on any atom is -0.301 e. The molecule has 4 unspecified atom stereocenters. The summed E-state index contributed by atoms with van der Waals surface area (Å²) in [7, 11) is 1.66. The van der Waals surface area contributed by atoms with E-state index >= 15 is 0 Å². The van der Waals surface area contributed by atoms with Crippen LogP contribution in [0.3, 0.4) is 0 Å². The molecule has 1 aromatic rings. The van der Waals surface area contributed by atoms with E-state index in [9.17, 15) is 8.42 Å². The van der Waals surface area contributed by atoms with E-state index in [1.807, 2.05) is 6.92 Å². The molecule has 0 aromatic carbocycles. The Morgan fingerprint density at radius 3 is 2.45 bits per heavy atom. The Morgan fingerprint density at radius 1 is 1.25 bits per heavy atom. The number of fused-ring (bicyclic) bond motifs is 5. The predicted molar refractivity (Wildman–Crippen MR) is 73.9 cm³/mol. The summed E-state index contributed by atoms with van der Waals surface area (Å²) in [5.74, 6) is 4.39. The number of aromatic nitrogens is 3. The molecular formula is C13H18ClN3O2S. The van der Waals surface area contributed by atoms with E-state index in [2.05, 4.69) is 10.2 Å². The molecule has 3 fully saturated rings. The van der Waals surface area contributed by atoms with Gasteiger partial charge in [-0.2, -0.15) is 0 Å². The summed E-state index contributed by atoms with van der Waals surface area (Å²) in [4.78, 5) is 0. The molecule has 0 aliphatic heterocycles. The van der Waals surface area contributed by atoms with Crippen molar-refractivity contribution in [3.63, 3.8) is 0 Å². The van der Waals surface area contributed by atoms with Crippen LogP contribution in [-0.2, 0) is 15.6 Å². The van der Waals surface area contributed by atoms with Crippen LogP contribution in [0.25, 0.3) is 0 Å². The maximum Gasteiger partial charge on any atom is 0.296 e. The largest absolute Gasteiger partial charge is 0.301 e. The summed E-state index contributed by atoms with van der Waals surface area (Å²) in [6.07, 6.45) is 4.89. The molecule has 2 bridgehead atoms. The van der Waals surface area contributed by atoms with Gasteiger partial charge in [0.1, 0.15) is 5.82 Å². The zero-order valence-electron chi connectivity index (χ0n) is 11.4. The van der Waals surface area contributed by atoms with Crippen LogP contribution in [0.2, 0.25) is 0 Å². The highest BCUT2D eigenvalue weighted by atomic mass is 35.7. The lowest BCUT2D eigenvalue weighted by Gasteiger charge is -2.10. The van der Waals surface area contributed by atoms with Crippen molar-refractivity contribution in [2.24, 2.45) is 23.7 Å². The third kappa shape index (κ3) is 1.70. The lowest BCUT2D eigenvalue weighted by Crippen LogP contribution is -2.11. The first-order chi connectivity index (χ1) is 9.52. The highest BCUT2D eigenvalue weighted by Gasteiger charge is 2.66. The van der Waals surface area contributed by atoms with Crippen molar-refractivity contribution in [3.8, 4) is 0 Å². The summed E-state index contributed by atoms with van der Waals surface area (Å²) < 4.78 is 25.0. The first kappa shape index (κ1) is 13.1. The maximum absolute atomic E-state index is 11.6. The molecule has 7 heteroatoms. The molecule has 0 N–H and O–H groups in total. The van der Waals surface area contributed by atoms with E-state index < -0.39 is 9.05 Å². The van der Waals surface area contributed by atoms with Crippen molar-refractivity contribution in [2.75, 3.05) is 0 Å². The Hall–Kier alpha value is -0.620. The molecule has 3 saturated carbocycles. The molecule has 0 spiro atoms. The van der Waals surface area contributed by atoms with E-state index in [0.717, 1.165) is 35.9 Å². The first-order valence-corrected chi connectivity index (χ1v) is 9.71. The molecule has 0 amide bonds. The topological polar surface area (TPSA) is 64.8 Å². The second kappa shape index (κ2) is 4.19. The lowest BCUT2D eigenvalue weighted by molar-refractivity contribution is 0.456. The average Bonchev–Trinajstić information content (AvgIpc) is 2.78. The van der Waals surface area contributed by atoms with Crippen LogP contribution in [0.1, 0.15) is 44.3 Å². The Bertz CT molecular complexity index is 641. The SMILES string of the molecule is CCCn1c(C2C3C4CCC(C4)C23)nnc1S(=O)(=O)Cl. The quantitative estimate of drug-likeness (QED) is 0.800. The molecule has 110 valence electrons. The molecule has 3 aliphatic rings. The van der Waals surface area contributed by atoms with Crippen molar-refractivity contribution >= 4 is 19.7 Å². The zero-order chi connectivity index (χ0) is 14.1. The van der Waals surface area contributed by atoms with Gasteiger partial charge in [0, 0.05) is 23.1 Å². The van der Waals surface area contributed by atoms with Gasteiger partial charge in [-0.25, -0.2) is 8.42 Å². The first-order valence-electron chi connectivity index (χ1n) is 7.40. The zero-order valence-corrected chi connectivity index (χ0v) is 12.9. The van der Waals surface area contributed by atoms with Crippen LogP contribution in [0.15, 0.2) is 5.16 Å². The van der Waals surface area contributed by atoms with Gasteiger partial charge in [0.25, 0.3) is 14.2 Å². The van der Waals surface area contributed by atoms with Gasteiger partial charge in [-0.1, -0.05) is 6.92 Å². The van der Waals surface area contributed by atoms with Crippen molar-refractivity contribution < 1.29 is 8.42 Å². The monoisotopic (exact) mass is 315 g/mol. The summed E-state index contributed by atoms with van der Waals surface area (Å²) in [6, 6.07) is 0. The molecule has 20 heavy (non-hydrogen) atoms. The van der Waals surface area contributed by atoms with Gasteiger partial charge in [-0.05, 0) is 49.4 Å². The fourth-order valence-corrected chi connectivity index (χ4v) is 5.76. The number of hydrogen-bond acceptors (Lipinski definition) is 4. The summed E-state index contributed by atoms with van der Waals surface area (Å²) in [6.45, 7) is 2.64. The van der Waals surface area contributed by atoms with Gasteiger partial charge in [0.05, 0.1) is 0 Å². The Kier molecular flexibility index (Phi) is 2.74. The number of rotatable bonds is 4. The van der Waals surface area contributed by atoms with Gasteiger partial charge in [-0.3, -0.25) is 0 Å². The molecular weight excluding hydrogens is 298 g/mol. The lowest BCUT2D eigenvalue weighted by atomic mass is 10.0. The predicted octanol–water partition coefficient (Wildman–Crippen LogP) is 2.38. The van der Waals surface area contributed by atoms with Crippen LogP contribution < -0.4 is 0 Å². The fourth-order valence-electron chi connectivity index (χ4n) is 4.83. The Balaban J connectivity index is 1.71. The van der Waals surface area contributed by atoms with Gasteiger partial charge >= 0.3 is 0 Å². The summed E-state index contributed by atoms with van der Waals surface area (Å²) in [5, 5.41) is 7.97. The second-order valence-corrected chi connectivity index (χ2v) is 8.90. The van der Waals surface area contributed by atoms with Gasteiger partial charge < -0.3 is 4.57 Å². The Labute approximate surface area is 123 Å². The summed E-state index contributed by atoms with van der Waals surface area (Å²) in [5.41, 5.74) is 0. The van der Waals surface area contributed by atoms with E-state index in [0.29, 0.717) is 12.5 Å². The average molecular weight is 316 g/mol. The van der Waals surface area contributed by atoms with Crippen LogP contribution in [0.5, 0.6) is 0 Å². The van der Waals surface area contributed by atoms with Crippen molar-refractivity contribution in [1.82, 2.24) is 14.8 Å². The molecule has 5 nitrogen and oxygen atoms in total. The third-order valence-electron chi connectivity index (χ3n) is 5.44. The van der Waals surface area contributed by atoms with Crippen molar-refractivity contribution in [1.29, 1.82) is 0 Å². The Morgan fingerprint density at radius 2 is 1.90 bits per heavy atom. The van der Waals surface area contributed by atoms with E-state index in [4.69, 9.17) is 10.7 Å². The van der Waals surface area contributed by atoms with Gasteiger partial charge in [0.2, 0.25) is 0 Å². The standard InChI is InChI=1S/C13H18ClN3O2S/c1-2-5-17-12(15-16-13(17)20(14,18)19)11-9-7-3-4-8(6-7)10(9)11/h7-11H,2-6H2,1H3. The van der Waals surface area contributed by atoms with Crippen molar-refractivity contribution in [3.05, 3.63) is 5.82 Å². The van der Waals surface area contributed by atoms with E-state index in [1.54, 1.807) is 4.57 Å². The van der Waals surface area contributed by atoms with Crippen LogP contribution in [0.4, 0.5) is 0 Å². The molecule has 1 heterocycles. The van der Waals surface area contributed by atoms with E-state index in [-0.39, 0.29) is 5.16 Å². The number of hydrogen-bond donors (Lipinski definition) is 0. The molecule has 0 saturated heterocycles. The van der Waals surface area contributed by atoms with E-state index in [1.165, 1.54) is 19.3 Å². The molecule has 0 radical (unpaired) electrons. The smallest absolute Gasteiger partial charge is 0.296 e. The molecule has 4 rings (SSSR count). The molecule has 4 atom stereocenters. The van der Waals surface area contributed by atoms with Crippen LogP contribution >= 0.6 is 10.7 Å². The minimum atomic E-state index is -3.81. The van der Waals surface area contributed by atoms with Crippen LogP contribution in [-0.4, -0.2) is 23.2 Å². The van der Waals surface area contributed by atoms with Gasteiger partial charge in [-0.15, -0.1) is 10.2 Å². The van der Waals surface area contributed by atoms with Crippen molar-refractivity contribution in [2.45, 2.75) is 50.2 Å². The number of halogens is 1. The highest BCUT2D eigenvalue weighted by Crippen LogP contribution is 2.72. The maximum atomic E-state index is 11.6. The fraction of sp³-hybridized carbons (Fsp3) is 0.846.